The Morgan fingerprint density at radius 1 is 0.892 bits per heavy atom. The van der Waals surface area contributed by atoms with E-state index in [1.165, 1.54) is 57.7 Å². The van der Waals surface area contributed by atoms with Gasteiger partial charge in [0.15, 0.2) is 5.75 Å². The van der Waals surface area contributed by atoms with Crippen LogP contribution in [0.3, 0.4) is 0 Å². The van der Waals surface area contributed by atoms with Crippen LogP contribution in [0.5, 0.6) is 11.5 Å². The zero-order valence-corrected chi connectivity index (χ0v) is 38.7. The smallest absolute Gasteiger partial charge is 0.329 e. The first kappa shape index (κ1) is 44.5. The molecule has 1 unspecified atom stereocenters. The number of fused-ring (bicyclic) bond motifs is 1. The third-order valence-electron chi connectivity index (χ3n) is 15.2. The summed E-state index contributed by atoms with van der Waals surface area (Å²) in [7, 11) is 3.28. The normalized spacial score (nSPS) is 19.9. The molecule has 1 saturated carbocycles. The fourth-order valence-corrected chi connectivity index (χ4v) is 11.3. The topological polar surface area (TPSA) is 148 Å². The van der Waals surface area contributed by atoms with Crippen molar-refractivity contribution in [2.45, 2.75) is 102 Å². The number of rotatable bonds is 11. The van der Waals surface area contributed by atoms with Gasteiger partial charge in [0.05, 0.1) is 34.4 Å². The van der Waals surface area contributed by atoms with E-state index < -0.39 is 17.4 Å². The highest BCUT2D eigenvalue weighted by molar-refractivity contribution is 6.32. The first-order valence-corrected chi connectivity index (χ1v) is 23.6. The number of methoxy groups -OCH3 is 1. The van der Waals surface area contributed by atoms with Gasteiger partial charge in [0.2, 0.25) is 17.8 Å². The van der Waals surface area contributed by atoms with Crippen LogP contribution in [0.15, 0.2) is 71.7 Å². The van der Waals surface area contributed by atoms with Gasteiger partial charge in [0.1, 0.15) is 24.5 Å². The van der Waals surface area contributed by atoms with E-state index in [0.29, 0.717) is 40.7 Å². The fraction of sp³-hybridized carbons (Fsp3) is 0.490. The first-order chi connectivity index (χ1) is 31.3. The first-order valence-electron chi connectivity index (χ1n) is 23.2. The second-order valence-corrected chi connectivity index (χ2v) is 19.8. The van der Waals surface area contributed by atoms with Crippen molar-refractivity contribution in [2.75, 3.05) is 44.7 Å². The highest BCUT2D eigenvalue weighted by atomic mass is 35.5. The molecule has 3 aliphatic heterocycles. The molecule has 2 aromatic heterocycles. The number of piperidine rings is 3. The summed E-state index contributed by atoms with van der Waals surface area (Å²) in [4.78, 5) is 52.3. The largest absolute Gasteiger partial charge is 0.494 e. The van der Waals surface area contributed by atoms with Crippen LogP contribution in [0.25, 0.3) is 11.0 Å². The summed E-state index contributed by atoms with van der Waals surface area (Å²) in [6.07, 6.45) is 12.1. The maximum Gasteiger partial charge on any atom is 0.329 e. The van der Waals surface area contributed by atoms with Gasteiger partial charge in [0.25, 0.3) is 0 Å². The van der Waals surface area contributed by atoms with Crippen LogP contribution in [0.4, 0.5) is 5.95 Å². The van der Waals surface area contributed by atoms with Crippen molar-refractivity contribution in [1.29, 1.82) is 5.26 Å². The lowest BCUT2D eigenvalue weighted by Gasteiger charge is -2.47. The van der Waals surface area contributed by atoms with Crippen LogP contribution < -0.4 is 25.4 Å². The Morgan fingerprint density at radius 2 is 1.63 bits per heavy atom. The predicted octanol–water partition coefficient (Wildman–Crippen LogP) is 8.20. The molecule has 65 heavy (non-hydrogen) atoms. The Hall–Kier alpha value is -5.71. The number of likely N-dealkylation sites (tertiary alicyclic amines) is 1. The van der Waals surface area contributed by atoms with Gasteiger partial charge in [-0.1, -0.05) is 43.6 Å². The van der Waals surface area contributed by atoms with E-state index in [1.807, 2.05) is 42.6 Å². The van der Waals surface area contributed by atoms with E-state index >= 15 is 0 Å². The summed E-state index contributed by atoms with van der Waals surface area (Å²) in [6, 6.07) is 21.5. The predicted molar refractivity (Wildman–Crippen MR) is 251 cm³/mol. The van der Waals surface area contributed by atoms with Crippen molar-refractivity contribution in [2.24, 2.45) is 18.4 Å². The molecule has 3 saturated heterocycles. The molecule has 4 aliphatic rings. The molecule has 3 aromatic carbocycles. The summed E-state index contributed by atoms with van der Waals surface area (Å²) in [5.74, 6) is 2.41. The highest BCUT2D eigenvalue weighted by Gasteiger charge is 2.39. The number of imidazole rings is 1. The van der Waals surface area contributed by atoms with Crippen molar-refractivity contribution in [3.05, 3.63) is 110 Å². The second-order valence-electron chi connectivity index (χ2n) is 19.4. The number of halogens is 1. The van der Waals surface area contributed by atoms with Crippen LogP contribution in [-0.2, 0) is 28.7 Å². The second kappa shape index (κ2) is 18.3. The molecule has 5 aromatic rings. The summed E-state index contributed by atoms with van der Waals surface area (Å²) in [5, 5.41) is 12.5. The van der Waals surface area contributed by atoms with E-state index in [1.54, 1.807) is 16.2 Å². The minimum Gasteiger partial charge on any atom is -0.494 e. The lowest BCUT2D eigenvalue weighted by molar-refractivity contribution is -0.135. The SMILES string of the molecule is COc1c(Cl)cc(C(C)(C)c2ccc(OCc3ccnc(N4CCC5(CCC(CN6CCC(c7ccc8c(c7)n(C)c(=O)n8C7CCC(=O)NC7=O)CC6)CC5)CC4)n3)cc2)cc1C#N. The molecular formula is C51H59ClN8O5. The Labute approximate surface area is 385 Å². The lowest BCUT2D eigenvalue weighted by atomic mass is 9.65. The molecule has 1 spiro atoms. The number of amides is 2. The molecule has 340 valence electrons. The van der Waals surface area contributed by atoms with E-state index in [2.05, 4.69) is 64.3 Å². The Morgan fingerprint density at radius 3 is 2.32 bits per heavy atom. The Balaban J connectivity index is 0.726. The Kier molecular flexibility index (Phi) is 12.5. The van der Waals surface area contributed by atoms with Gasteiger partial charge in [-0.15, -0.1) is 0 Å². The number of nitriles is 1. The van der Waals surface area contributed by atoms with Gasteiger partial charge in [-0.2, -0.15) is 5.26 Å². The molecule has 9 rings (SSSR count). The number of ether oxygens (including phenoxy) is 2. The van der Waals surface area contributed by atoms with Crippen LogP contribution in [0.2, 0.25) is 5.02 Å². The maximum atomic E-state index is 13.3. The number of carbonyl (C=O) groups excluding carboxylic acids is 2. The average Bonchev–Trinajstić information content (AvgIpc) is 3.57. The number of hydrogen-bond acceptors (Lipinski definition) is 10. The standard InChI is InChI=1S/C51H59ClN8O5/c1-50(2,38-27-36(30-53)46(64-4)41(52)29-38)37-6-8-40(9-7-37)65-32-39-15-22-54-48(55-39)59-25-20-51(21-26-59)18-13-33(14-19-51)31-58-23-16-34(17-24-58)35-5-10-42-44(28-35)57(3)49(63)60(42)43-11-12-45(61)56-47(43)62/h5-10,15,22,27-29,33-34,43H,11-14,16-21,23-26,31-32H2,1-4H3,(H,56,61,62). The quantitative estimate of drug-likeness (QED) is 0.129. The molecule has 14 heteroatoms. The summed E-state index contributed by atoms with van der Waals surface area (Å²) in [5.41, 5.74) is 5.86. The molecule has 13 nitrogen and oxygen atoms in total. The molecule has 1 atom stereocenters. The summed E-state index contributed by atoms with van der Waals surface area (Å²) < 4.78 is 14.7. The van der Waals surface area contributed by atoms with Gasteiger partial charge < -0.3 is 19.3 Å². The van der Waals surface area contributed by atoms with Gasteiger partial charge in [-0.25, -0.2) is 14.8 Å². The molecule has 5 heterocycles. The number of benzene rings is 3. The number of nitrogens with zero attached hydrogens (tertiary/aromatic N) is 7. The number of anilines is 1. The van der Waals surface area contributed by atoms with Gasteiger partial charge in [0, 0.05) is 44.7 Å². The van der Waals surface area contributed by atoms with Gasteiger partial charge in [-0.3, -0.25) is 24.0 Å². The number of hydrogen-bond donors (Lipinski definition) is 1. The maximum absolute atomic E-state index is 13.3. The molecule has 2 amide bonds. The highest BCUT2D eigenvalue weighted by Crippen LogP contribution is 2.47. The van der Waals surface area contributed by atoms with Crippen LogP contribution >= 0.6 is 11.6 Å². The van der Waals surface area contributed by atoms with E-state index in [-0.39, 0.29) is 18.0 Å². The third-order valence-corrected chi connectivity index (χ3v) is 15.5. The Bertz CT molecular complexity index is 2680. The molecule has 0 radical (unpaired) electrons. The van der Waals surface area contributed by atoms with Crippen molar-refractivity contribution >= 4 is 40.4 Å². The molecule has 1 N–H and O–H groups in total. The van der Waals surface area contributed by atoms with Crippen molar-refractivity contribution in [3.8, 4) is 17.6 Å². The van der Waals surface area contributed by atoms with Crippen LogP contribution in [0.1, 0.15) is 118 Å². The molecule has 4 fully saturated rings. The van der Waals surface area contributed by atoms with Gasteiger partial charge in [-0.05, 0) is 147 Å². The third kappa shape index (κ3) is 9.00. The van der Waals surface area contributed by atoms with Crippen LogP contribution in [-0.4, -0.2) is 75.7 Å². The number of aromatic nitrogens is 4. The average molecular weight is 900 g/mol. The number of carbonyl (C=O) groups is 2. The minimum absolute atomic E-state index is 0.223. The zero-order valence-electron chi connectivity index (χ0n) is 37.9. The minimum atomic E-state index is -0.668. The van der Waals surface area contributed by atoms with E-state index in [0.717, 1.165) is 84.5 Å². The van der Waals surface area contributed by atoms with E-state index in [9.17, 15) is 19.6 Å². The monoisotopic (exact) mass is 898 g/mol. The number of nitrogens with one attached hydrogen (secondary N) is 1. The molecule has 0 bridgehead atoms. The number of imide groups is 1. The number of aryl methyl sites for hydroxylation is 1. The van der Waals surface area contributed by atoms with Crippen molar-refractivity contribution in [3.63, 3.8) is 0 Å². The van der Waals surface area contributed by atoms with Crippen molar-refractivity contribution in [1.82, 2.24) is 29.3 Å². The fourth-order valence-electron chi connectivity index (χ4n) is 11.0. The zero-order chi connectivity index (χ0) is 45.5. The van der Waals surface area contributed by atoms with E-state index in [4.69, 9.17) is 26.1 Å². The van der Waals surface area contributed by atoms with Crippen LogP contribution in [0, 0.1) is 22.7 Å². The molecule has 1 aliphatic carbocycles. The molecular weight excluding hydrogens is 840 g/mol. The lowest BCUT2D eigenvalue weighted by Crippen LogP contribution is -2.44. The van der Waals surface area contributed by atoms with Crippen molar-refractivity contribution < 1.29 is 19.1 Å². The summed E-state index contributed by atoms with van der Waals surface area (Å²) in [6.45, 7) is 9.83. The van der Waals surface area contributed by atoms with Gasteiger partial charge >= 0.3 is 5.69 Å². The summed E-state index contributed by atoms with van der Waals surface area (Å²) >= 11 is 6.48.